The molecule has 3 N–H and O–H groups in total. The predicted molar refractivity (Wildman–Crippen MR) is 395 cm³/mol. The lowest BCUT2D eigenvalue weighted by Crippen LogP contribution is -2.30. The molecule has 0 aromatic carbocycles. The number of phosphoric ester groups is 2. The highest BCUT2D eigenvalue weighted by atomic mass is 31.2. The van der Waals surface area contributed by atoms with Gasteiger partial charge in [-0.1, -0.05) is 350 Å². The van der Waals surface area contributed by atoms with Gasteiger partial charge in [-0.05, 0) is 43.4 Å². The molecule has 0 aliphatic rings. The first-order valence-corrected chi connectivity index (χ1v) is 43.4. The Balaban J connectivity index is 5.18. The van der Waals surface area contributed by atoms with Gasteiger partial charge in [-0.15, -0.1) is 0 Å². The van der Waals surface area contributed by atoms with E-state index in [2.05, 4.69) is 48.5 Å². The molecule has 0 spiro atoms. The third kappa shape index (κ3) is 69.5. The Hall–Kier alpha value is -1.94. The lowest BCUT2D eigenvalue weighted by atomic mass is 9.99. The summed E-state index contributed by atoms with van der Waals surface area (Å²) < 4.78 is 68.5. The quantitative estimate of drug-likeness (QED) is 0.0222. The number of aliphatic hydroxyl groups excluding tert-OH is 1. The van der Waals surface area contributed by atoms with Gasteiger partial charge in [-0.2, -0.15) is 0 Å². The second kappa shape index (κ2) is 68.5. The van der Waals surface area contributed by atoms with Gasteiger partial charge >= 0.3 is 39.5 Å². The number of ether oxygens (including phenoxy) is 4. The maximum atomic E-state index is 13.1. The normalized spacial score (nSPS) is 14.6. The van der Waals surface area contributed by atoms with Gasteiger partial charge in [0.1, 0.15) is 19.3 Å². The van der Waals surface area contributed by atoms with Crippen molar-refractivity contribution in [3.05, 3.63) is 0 Å². The minimum atomic E-state index is -4.96. The summed E-state index contributed by atoms with van der Waals surface area (Å²) in [5, 5.41) is 10.6. The number of esters is 4. The molecule has 0 amide bonds. The number of unbranched alkanes of at least 4 members (excludes halogenated alkanes) is 42. The lowest BCUT2D eigenvalue weighted by Gasteiger charge is -2.21. The molecule has 0 bridgehead atoms. The summed E-state index contributed by atoms with van der Waals surface area (Å²) in [6.07, 6.45) is 55.8. The molecule has 0 saturated carbocycles. The van der Waals surface area contributed by atoms with Crippen LogP contribution in [0.2, 0.25) is 0 Å². The van der Waals surface area contributed by atoms with Crippen molar-refractivity contribution >= 4 is 39.5 Å². The third-order valence-electron chi connectivity index (χ3n) is 18.9. The van der Waals surface area contributed by atoms with Crippen molar-refractivity contribution < 1.29 is 80.2 Å². The fourth-order valence-electron chi connectivity index (χ4n) is 11.9. The van der Waals surface area contributed by atoms with E-state index < -0.39 is 97.5 Å². The average Bonchev–Trinajstić information content (AvgIpc) is 0.985. The Labute approximate surface area is 594 Å². The van der Waals surface area contributed by atoms with Crippen LogP contribution in [-0.4, -0.2) is 96.7 Å². The molecular weight excluding hydrogens is 1270 g/mol. The van der Waals surface area contributed by atoms with E-state index in [1.807, 2.05) is 0 Å². The molecule has 0 heterocycles. The van der Waals surface area contributed by atoms with Crippen LogP contribution in [-0.2, 0) is 65.4 Å². The minimum absolute atomic E-state index is 0.102. The number of aliphatic hydroxyl groups is 1. The number of rotatable bonds is 76. The first kappa shape index (κ1) is 95.1. The summed E-state index contributed by atoms with van der Waals surface area (Å²) >= 11 is 0. The summed E-state index contributed by atoms with van der Waals surface area (Å²) in [6.45, 7) is 11.8. The van der Waals surface area contributed by atoms with Crippen molar-refractivity contribution in [1.29, 1.82) is 0 Å². The minimum Gasteiger partial charge on any atom is -0.462 e. The Kier molecular flexibility index (Phi) is 67.1. The molecule has 0 rings (SSSR count). The van der Waals surface area contributed by atoms with Crippen LogP contribution in [0.5, 0.6) is 0 Å². The Morgan fingerprint density at radius 1 is 0.299 bits per heavy atom. The first-order chi connectivity index (χ1) is 46.8. The second-order valence-electron chi connectivity index (χ2n) is 29.1. The van der Waals surface area contributed by atoms with E-state index >= 15 is 0 Å². The van der Waals surface area contributed by atoms with E-state index in [1.165, 1.54) is 205 Å². The zero-order valence-corrected chi connectivity index (χ0v) is 65.3. The van der Waals surface area contributed by atoms with Crippen LogP contribution in [0.25, 0.3) is 0 Å². The van der Waals surface area contributed by atoms with Gasteiger partial charge in [0.25, 0.3) is 0 Å². The fraction of sp³-hybridized carbons (Fsp3) is 0.949. The third-order valence-corrected chi connectivity index (χ3v) is 20.8. The maximum absolute atomic E-state index is 13.1. The van der Waals surface area contributed by atoms with Crippen LogP contribution < -0.4 is 0 Å². The average molecular weight is 1420 g/mol. The van der Waals surface area contributed by atoms with Gasteiger partial charge in [0.15, 0.2) is 12.2 Å². The summed E-state index contributed by atoms with van der Waals surface area (Å²) in [4.78, 5) is 72.8. The first-order valence-electron chi connectivity index (χ1n) is 40.4. The van der Waals surface area contributed by atoms with Crippen LogP contribution in [0.4, 0.5) is 0 Å². The van der Waals surface area contributed by atoms with Crippen LogP contribution in [0.15, 0.2) is 0 Å². The van der Waals surface area contributed by atoms with E-state index in [0.29, 0.717) is 31.6 Å². The number of phosphoric acid groups is 2. The fourth-order valence-corrected chi connectivity index (χ4v) is 13.5. The molecule has 0 aromatic rings. The van der Waals surface area contributed by atoms with Crippen molar-refractivity contribution in [2.45, 2.75) is 420 Å². The largest absolute Gasteiger partial charge is 0.472 e. The van der Waals surface area contributed by atoms with Crippen molar-refractivity contribution in [3.63, 3.8) is 0 Å². The Morgan fingerprint density at radius 2 is 0.526 bits per heavy atom. The molecule has 0 saturated heterocycles. The van der Waals surface area contributed by atoms with Crippen LogP contribution in [0.1, 0.15) is 402 Å². The molecule has 0 aromatic heterocycles. The molecule has 0 radical (unpaired) electrons. The molecule has 0 fully saturated rings. The van der Waals surface area contributed by atoms with Gasteiger partial charge in [0.05, 0.1) is 26.4 Å². The van der Waals surface area contributed by atoms with E-state index in [9.17, 15) is 43.2 Å². The van der Waals surface area contributed by atoms with Crippen LogP contribution >= 0.6 is 15.6 Å². The number of carbonyl (C=O) groups is 4. The van der Waals surface area contributed by atoms with Gasteiger partial charge in [0.2, 0.25) is 0 Å². The zero-order valence-electron chi connectivity index (χ0n) is 63.5. The number of hydrogen-bond donors (Lipinski definition) is 3. The van der Waals surface area contributed by atoms with Gasteiger partial charge in [-0.3, -0.25) is 37.3 Å². The van der Waals surface area contributed by atoms with Crippen LogP contribution in [0, 0.1) is 17.8 Å². The molecular formula is C78H152O17P2. The molecule has 4 unspecified atom stereocenters. The summed E-state index contributed by atoms with van der Waals surface area (Å²) in [5.41, 5.74) is 0. The van der Waals surface area contributed by atoms with Gasteiger partial charge in [-0.25, -0.2) is 9.13 Å². The molecule has 7 atom stereocenters. The number of hydrogen-bond acceptors (Lipinski definition) is 15. The summed E-state index contributed by atoms with van der Waals surface area (Å²) in [6, 6.07) is 0. The summed E-state index contributed by atoms with van der Waals surface area (Å²) in [7, 11) is -9.91. The standard InChI is InChI=1S/C78H152O17P2/c1-8-11-12-13-14-15-16-17-18-24-27-30-33-36-45-52-59-75(80)88-65-73(94-77(82)61-54-47-37-34-31-28-25-22-20-19-21-23-26-29-32-35-43-50-57-70(6)9-2)67-92-96(84,85)90-63-72(79)64-91-97(86,87)93-68-74(66-89-76(81)60-53-46-40-38-42-49-56-69(4)5)95-78(83)62-55-48-41-39-44-51-58-71(7)10-3/h69-74,79H,8-68H2,1-7H3,(H,84,85)(H,86,87)/t70?,71?,72-,73-,74-/m1/s1. The highest BCUT2D eigenvalue weighted by Crippen LogP contribution is 2.45. The topological polar surface area (TPSA) is 237 Å². The zero-order chi connectivity index (χ0) is 71.6. The molecule has 17 nitrogen and oxygen atoms in total. The van der Waals surface area contributed by atoms with E-state index in [1.54, 1.807) is 0 Å². The van der Waals surface area contributed by atoms with Crippen molar-refractivity contribution in [3.8, 4) is 0 Å². The SMILES string of the molecule is CCCCCCCCCCCCCCCCCCC(=O)OC[C@H](COP(=O)(O)OC[C@@H](O)COP(=O)(O)OC[C@@H](COC(=O)CCCCCCCCC(C)C)OC(=O)CCCCCCCCC(C)CC)OC(=O)CCCCCCCCCCCCCCCCCCCCC(C)CC. The molecule has 19 heteroatoms. The maximum Gasteiger partial charge on any atom is 0.472 e. The molecule has 576 valence electrons. The predicted octanol–water partition coefficient (Wildman–Crippen LogP) is 23.0. The molecule has 0 aliphatic carbocycles. The monoisotopic (exact) mass is 1420 g/mol. The van der Waals surface area contributed by atoms with Gasteiger partial charge in [0, 0.05) is 25.7 Å². The lowest BCUT2D eigenvalue weighted by molar-refractivity contribution is -0.161. The smallest absolute Gasteiger partial charge is 0.462 e. The second-order valence-corrected chi connectivity index (χ2v) is 32.0. The number of carbonyl (C=O) groups excluding carboxylic acids is 4. The molecule has 0 aliphatic heterocycles. The van der Waals surface area contributed by atoms with Gasteiger partial charge < -0.3 is 33.8 Å². The van der Waals surface area contributed by atoms with E-state index in [0.717, 1.165) is 108 Å². The Bertz CT molecular complexity index is 1890. The van der Waals surface area contributed by atoms with Crippen molar-refractivity contribution in [1.82, 2.24) is 0 Å². The van der Waals surface area contributed by atoms with Crippen LogP contribution in [0.3, 0.4) is 0 Å². The molecule has 97 heavy (non-hydrogen) atoms. The van der Waals surface area contributed by atoms with E-state index in [-0.39, 0.29) is 25.7 Å². The summed E-state index contributed by atoms with van der Waals surface area (Å²) in [5.74, 6) is 0.150. The van der Waals surface area contributed by atoms with Crippen molar-refractivity contribution in [2.24, 2.45) is 17.8 Å². The highest BCUT2D eigenvalue weighted by molar-refractivity contribution is 7.47. The Morgan fingerprint density at radius 3 is 0.784 bits per heavy atom. The van der Waals surface area contributed by atoms with Crippen molar-refractivity contribution in [2.75, 3.05) is 39.6 Å². The highest BCUT2D eigenvalue weighted by Gasteiger charge is 2.30. The van der Waals surface area contributed by atoms with E-state index in [4.69, 9.17) is 37.0 Å².